The molecule has 0 bridgehead atoms. The summed E-state index contributed by atoms with van der Waals surface area (Å²) in [7, 11) is 3.40. The first kappa shape index (κ1) is 20.3. The van der Waals surface area contributed by atoms with Gasteiger partial charge < -0.3 is 24.5 Å². The predicted molar refractivity (Wildman–Crippen MR) is 105 cm³/mol. The molecule has 1 aromatic carbocycles. The van der Waals surface area contributed by atoms with Crippen LogP contribution in [0.25, 0.3) is 0 Å². The molecule has 0 saturated carbocycles. The Labute approximate surface area is 159 Å². The van der Waals surface area contributed by atoms with E-state index in [9.17, 15) is 0 Å². The van der Waals surface area contributed by atoms with Crippen molar-refractivity contribution in [2.75, 3.05) is 27.4 Å². The van der Waals surface area contributed by atoms with E-state index in [1.807, 2.05) is 36.4 Å². The van der Waals surface area contributed by atoms with E-state index in [-0.39, 0.29) is 24.0 Å². The number of ether oxygens (including phenoxy) is 2. The van der Waals surface area contributed by atoms with Crippen LogP contribution in [0.2, 0.25) is 0 Å². The number of nitrogens with zero attached hydrogens (tertiary/aromatic N) is 1. The topological polar surface area (TPSA) is 68.0 Å². The summed E-state index contributed by atoms with van der Waals surface area (Å²) in [5, 5.41) is 6.46. The molecule has 2 aromatic rings. The van der Waals surface area contributed by atoms with Crippen LogP contribution in [-0.2, 0) is 17.8 Å². The molecule has 1 heterocycles. The summed E-state index contributed by atoms with van der Waals surface area (Å²) in [6.45, 7) is 2.36. The number of hydrogen-bond acceptors (Lipinski definition) is 4. The Balaban J connectivity index is 0.00000288. The zero-order valence-corrected chi connectivity index (χ0v) is 16.3. The smallest absolute Gasteiger partial charge is 0.191 e. The van der Waals surface area contributed by atoms with Crippen LogP contribution in [0.1, 0.15) is 11.3 Å². The fourth-order valence-corrected chi connectivity index (χ4v) is 1.98. The Morgan fingerprint density at radius 1 is 1.12 bits per heavy atom. The van der Waals surface area contributed by atoms with Crippen molar-refractivity contribution in [2.24, 2.45) is 4.99 Å². The number of aliphatic imine (C=N–C) groups is 1. The van der Waals surface area contributed by atoms with Crippen molar-refractivity contribution in [2.45, 2.75) is 13.1 Å². The standard InChI is InChI=1S/C17H23N3O3.HI/c1-18-17(20-13-16-7-4-8-22-16)19-12-14-5-3-6-15(11-14)23-10-9-21-2;/h3-8,11H,9-10,12-13H2,1-2H3,(H2,18,19,20);1H. The predicted octanol–water partition coefficient (Wildman–Crippen LogP) is 2.79. The Morgan fingerprint density at radius 3 is 2.67 bits per heavy atom. The van der Waals surface area contributed by atoms with E-state index in [1.165, 1.54) is 0 Å². The van der Waals surface area contributed by atoms with Crippen molar-refractivity contribution in [1.29, 1.82) is 0 Å². The minimum absolute atomic E-state index is 0. The van der Waals surface area contributed by atoms with Gasteiger partial charge in [0.1, 0.15) is 18.1 Å². The van der Waals surface area contributed by atoms with Crippen LogP contribution in [0.4, 0.5) is 0 Å². The Bertz CT molecular complexity index is 603. The third-order valence-corrected chi connectivity index (χ3v) is 3.15. The lowest BCUT2D eigenvalue weighted by Crippen LogP contribution is -2.36. The number of nitrogens with one attached hydrogen (secondary N) is 2. The SMILES string of the molecule is CN=C(NCc1cccc(OCCOC)c1)NCc1ccco1.I. The van der Waals surface area contributed by atoms with E-state index in [1.54, 1.807) is 20.4 Å². The van der Waals surface area contributed by atoms with Gasteiger partial charge in [-0.05, 0) is 29.8 Å². The van der Waals surface area contributed by atoms with Crippen molar-refractivity contribution in [3.05, 3.63) is 54.0 Å². The van der Waals surface area contributed by atoms with Gasteiger partial charge in [0.2, 0.25) is 0 Å². The summed E-state index contributed by atoms with van der Waals surface area (Å²) in [6, 6.07) is 11.7. The molecule has 0 atom stereocenters. The van der Waals surface area contributed by atoms with E-state index >= 15 is 0 Å². The zero-order valence-electron chi connectivity index (χ0n) is 14.0. The second kappa shape index (κ2) is 11.7. The first-order valence-corrected chi connectivity index (χ1v) is 7.49. The number of halogens is 1. The normalized spacial score (nSPS) is 10.8. The van der Waals surface area contributed by atoms with Gasteiger partial charge in [-0.3, -0.25) is 4.99 Å². The highest BCUT2D eigenvalue weighted by molar-refractivity contribution is 14.0. The molecule has 7 heteroatoms. The molecule has 6 nitrogen and oxygen atoms in total. The van der Waals surface area contributed by atoms with E-state index in [0.29, 0.717) is 32.3 Å². The van der Waals surface area contributed by atoms with Gasteiger partial charge in [-0.15, -0.1) is 24.0 Å². The molecule has 24 heavy (non-hydrogen) atoms. The van der Waals surface area contributed by atoms with E-state index in [0.717, 1.165) is 17.1 Å². The largest absolute Gasteiger partial charge is 0.491 e. The van der Waals surface area contributed by atoms with Gasteiger partial charge in [0.25, 0.3) is 0 Å². The van der Waals surface area contributed by atoms with Crippen LogP contribution in [0.3, 0.4) is 0 Å². The highest BCUT2D eigenvalue weighted by Crippen LogP contribution is 2.13. The van der Waals surface area contributed by atoms with Crippen LogP contribution in [-0.4, -0.2) is 33.3 Å². The number of furan rings is 1. The number of hydrogen-bond donors (Lipinski definition) is 2. The molecule has 0 aliphatic carbocycles. The summed E-state index contributed by atoms with van der Waals surface area (Å²) >= 11 is 0. The van der Waals surface area contributed by atoms with Gasteiger partial charge >= 0.3 is 0 Å². The lowest BCUT2D eigenvalue weighted by Gasteiger charge is -2.12. The zero-order chi connectivity index (χ0) is 16.3. The fourth-order valence-electron chi connectivity index (χ4n) is 1.98. The van der Waals surface area contributed by atoms with Crippen molar-refractivity contribution >= 4 is 29.9 Å². The molecule has 0 radical (unpaired) electrons. The first-order chi connectivity index (χ1) is 11.3. The first-order valence-electron chi connectivity index (χ1n) is 7.49. The van der Waals surface area contributed by atoms with Crippen molar-refractivity contribution < 1.29 is 13.9 Å². The Kier molecular flexibility index (Phi) is 9.94. The molecule has 0 aliphatic heterocycles. The highest BCUT2D eigenvalue weighted by atomic mass is 127. The third-order valence-electron chi connectivity index (χ3n) is 3.15. The number of methoxy groups -OCH3 is 1. The molecule has 0 amide bonds. The highest BCUT2D eigenvalue weighted by Gasteiger charge is 2.02. The van der Waals surface area contributed by atoms with E-state index in [4.69, 9.17) is 13.9 Å². The monoisotopic (exact) mass is 445 g/mol. The number of guanidine groups is 1. The second-order valence-electron chi connectivity index (χ2n) is 4.85. The number of benzene rings is 1. The van der Waals surface area contributed by atoms with Crippen LogP contribution in [0, 0.1) is 0 Å². The van der Waals surface area contributed by atoms with Crippen LogP contribution in [0.5, 0.6) is 5.75 Å². The minimum atomic E-state index is 0. The minimum Gasteiger partial charge on any atom is -0.491 e. The van der Waals surface area contributed by atoms with Crippen molar-refractivity contribution in [3.63, 3.8) is 0 Å². The van der Waals surface area contributed by atoms with Crippen LogP contribution in [0.15, 0.2) is 52.1 Å². The van der Waals surface area contributed by atoms with E-state index < -0.39 is 0 Å². The summed E-state index contributed by atoms with van der Waals surface area (Å²) in [5.41, 5.74) is 1.11. The summed E-state index contributed by atoms with van der Waals surface area (Å²) < 4.78 is 15.9. The fraction of sp³-hybridized carbons (Fsp3) is 0.353. The van der Waals surface area contributed by atoms with Gasteiger partial charge in [0, 0.05) is 20.7 Å². The van der Waals surface area contributed by atoms with Crippen LogP contribution >= 0.6 is 24.0 Å². The molecular formula is C17H24IN3O3. The lowest BCUT2D eigenvalue weighted by atomic mass is 10.2. The average Bonchev–Trinajstić information content (AvgIpc) is 3.09. The number of rotatable bonds is 8. The quantitative estimate of drug-likeness (QED) is 0.283. The van der Waals surface area contributed by atoms with Gasteiger partial charge in [0.15, 0.2) is 5.96 Å². The molecule has 1 aromatic heterocycles. The summed E-state index contributed by atoms with van der Waals surface area (Å²) in [4.78, 5) is 4.19. The van der Waals surface area contributed by atoms with Gasteiger partial charge in [0.05, 0.1) is 19.4 Å². The molecule has 0 spiro atoms. The summed E-state index contributed by atoms with van der Waals surface area (Å²) in [6.07, 6.45) is 1.66. The molecular weight excluding hydrogens is 421 g/mol. The van der Waals surface area contributed by atoms with Gasteiger partial charge in [-0.1, -0.05) is 12.1 Å². The van der Waals surface area contributed by atoms with Gasteiger partial charge in [-0.2, -0.15) is 0 Å². The maximum Gasteiger partial charge on any atom is 0.191 e. The maximum atomic E-state index is 5.61. The summed E-state index contributed by atoms with van der Waals surface area (Å²) in [5.74, 6) is 2.41. The van der Waals surface area contributed by atoms with Crippen LogP contribution < -0.4 is 15.4 Å². The van der Waals surface area contributed by atoms with Gasteiger partial charge in [-0.25, -0.2) is 0 Å². The molecule has 0 aliphatic rings. The maximum absolute atomic E-state index is 5.61. The average molecular weight is 445 g/mol. The second-order valence-corrected chi connectivity index (χ2v) is 4.85. The molecule has 132 valence electrons. The molecule has 0 saturated heterocycles. The Morgan fingerprint density at radius 2 is 1.96 bits per heavy atom. The lowest BCUT2D eigenvalue weighted by molar-refractivity contribution is 0.146. The van der Waals surface area contributed by atoms with Crippen molar-refractivity contribution in [3.8, 4) is 5.75 Å². The molecule has 0 fully saturated rings. The molecule has 2 N–H and O–H groups in total. The Hall–Kier alpha value is -1.74. The third kappa shape index (κ3) is 7.22. The van der Waals surface area contributed by atoms with E-state index in [2.05, 4.69) is 15.6 Å². The molecule has 2 rings (SSSR count). The van der Waals surface area contributed by atoms with Crippen molar-refractivity contribution in [1.82, 2.24) is 10.6 Å². The molecule has 0 unspecified atom stereocenters.